The van der Waals surface area contributed by atoms with Crippen LogP contribution in [0.25, 0.3) is 0 Å². The quantitative estimate of drug-likeness (QED) is 0.521. The molecular weight excluding hydrogens is 197 g/mol. The van der Waals surface area contributed by atoms with Gasteiger partial charge in [-0.05, 0) is 6.92 Å². The van der Waals surface area contributed by atoms with Gasteiger partial charge in [0.05, 0.1) is 0 Å². The second-order valence-corrected chi connectivity index (χ2v) is 2.91. The molecule has 0 radical (unpaired) electrons. The van der Waals surface area contributed by atoms with Crippen molar-refractivity contribution in [2.24, 2.45) is 5.73 Å². The highest BCUT2D eigenvalue weighted by Crippen LogP contribution is 2.27. The number of hydrogen-bond acceptors (Lipinski definition) is 2. The van der Waals surface area contributed by atoms with E-state index in [2.05, 4.69) is 5.92 Å². The van der Waals surface area contributed by atoms with E-state index in [0.29, 0.717) is 6.92 Å². The van der Waals surface area contributed by atoms with Crippen molar-refractivity contribution in [1.29, 1.82) is 0 Å². The summed E-state index contributed by atoms with van der Waals surface area (Å²) in [5, 5.41) is 2.00. The van der Waals surface area contributed by atoms with Gasteiger partial charge in [0.1, 0.15) is 0 Å². The molecule has 0 aromatic heterocycles. The molecule has 0 fully saturated rings. The molecule has 1 amide bonds. The van der Waals surface area contributed by atoms with Gasteiger partial charge >= 0.3 is 6.18 Å². The highest BCUT2D eigenvalue weighted by Gasteiger charge is 2.53. The van der Waals surface area contributed by atoms with Crippen molar-refractivity contribution in [1.82, 2.24) is 5.32 Å². The van der Waals surface area contributed by atoms with Gasteiger partial charge < -0.3 is 11.1 Å². The van der Waals surface area contributed by atoms with Crippen LogP contribution in [0.1, 0.15) is 13.3 Å². The molecular formula is C8H11F3N2O. The Hall–Kier alpha value is -1.22. The summed E-state index contributed by atoms with van der Waals surface area (Å²) in [6.45, 7) is 0.594. The maximum Gasteiger partial charge on any atom is 0.415 e. The van der Waals surface area contributed by atoms with Gasteiger partial charge in [0, 0.05) is 13.0 Å². The standard InChI is InChI=1S/C8H11F3N2O/c1-3-4-5-13-6(14)7(2,12)8(9,10)11/h1H,4-5,12H2,2H3,(H,13,14). The molecule has 0 aliphatic carbocycles. The van der Waals surface area contributed by atoms with Crippen molar-refractivity contribution < 1.29 is 18.0 Å². The third-order valence-electron chi connectivity index (χ3n) is 1.62. The highest BCUT2D eigenvalue weighted by atomic mass is 19.4. The number of rotatable bonds is 3. The number of carbonyl (C=O) groups excluding carboxylic acids is 1. The zero-order chi connectivity index (χ0) is 11.4. The molecule has 1 unspecified atom stereocenters. The Bertz CT molecular complexity index is 252. The second kappa shape index (κ2) is 4.33. The lowest BCUT2D eigenvalue weighted by atomic mass is 10.0. The van der Waals surface area contributed by atoms with Crippen LogP contribution in [0.15, 0.2) is 0 Å². The molecule has 14 heavy (non-hydrogen) atoms. The molecule has 0 aliphatic rings. The van der Waals surface area contributed by atoms with Crippen molar-refractivity contribution in [3.8, 4) is 12.3 Å². The molecule has 0 saturated heterocycles. The summed E-state index contributed by atoms with van der Waals surface area (Å²) in [5.74, 6) is 0.899. The van der Waals surface area contributed by atoms with E-state index in [9.17, 15) is 18.0 Å². The number of nitrogens with two attached hydrogens (primary N) is 1. The number of terminal acetylenes is 1. The van der Waals surface area contributed by atoms with Crippen molar-refractivity contribution in [3.05, 3.63) is 0 Å². The first-order chi connectivity index (χ1) is 6.23. The normalized spacial score (nSPS) is 15.4. The van der Waals surface area contributed by atoms with Crippen molar-refractivity contribution in [3.63, 3.8) is 0 Å². The minimum absolute atomic E-state index is 0.0157. The number of halogens is 3. The molecule has 3 nitrogen and oxygen atoms in total. The predicted molar refractivity (Wildman–Crippen MR) is 45.1 cm³/mol. The minimum atomic E-state index is -4.77. The van der Waals surface area contributed by atoms with E-state index in [1.54, 1.807) is 0 Å². The minimum Gasteiger partial charge on any atom is -0.353 e. The fraction of sp³-hybridized carbons (Fsp3) is 0.625. The Labute approximate surface area is 79.8 Å². The first-order valence-electron chi connectivity index (χ1n) is 3.81. The van der Waals surface area contributed by atoms with Crippen LogP contribution >= 0.6 is 0 Å². The average molecular weight is 208 g/mol. The van der Waals surface area contributed by atoms with Crippen molar-refractivity contribution >= 4 is 5.91 Å². The summed E-state index contributed by atoms with van der Waals surface area (Å²) in [6, 6.07) is 0. The lowest BCUT2D eigenvalue weighted by molar-refractivity contribution is -0.187. The van der Waals surface area contributed by atoms with E-state index in [4.69, 9.17) is 12.2 Å². The predicted octanol–water partition coefficient (Wildman–Crippen LogP) is 0.406. The molecule has 3 N–H and O–H groups in total. The van der Waals surface area contributed by atoms with Gasteiger partial charge in [0.15, 0.2) is 5.54 Å². The fourth-order valence-corrected chi connectivity index (χ4v) is 0.561. The molecule has 0 rings (SSSR count). The topological polar surface area (TPSA) is 55.1 Å². The zero-order valence-electron chi connectivity index (χ0n) is 7.61. The van der Waals surface area contributed by atoms with E-state index in [1.165, 1.54) is 0 Å². The van der Waals surface area contributed by atoms with E-state index in [1.807, 2.05) is 5.32 Å². The Balaban J connectivity index is 4.32. The fourth-order valence-electron chi connectivity index (χ4n) is 0.561. The van der Waals surface area contributed by atoms with Crippen molar-refractivity contribution in [2.45, 2.75) is 25.1 Å². The third-order valence-corrected chi connectivity index (χ3v) is 1.62. The van der Waals surface area contributed by atoms with Gasteiger partial charge in [-0.15, -0.1) is 12.3 Å². The molecule has 0 aliphatic heterocycles. The molecule has 80 valence electrons. The second-order valence-electron chi connectivity index (χ2n) is 2.91. The van der Waals surface area contributed by atoms with Crippen LogP contribution < -0.4 is 11.1 Å². The summed E-state index contributed by atoms with van der Waals surface area (Å²) in [5.41, 5.74) is 1.96. The Kier molecular flexibility index (Phi) is 3.95. The molecule has 0 aromatic carbocycles. The Morgan fingerprint density at radius 2 is 2.07 bits per heavy atom. The number of nitrogens with one attached hydrogen (secondary N) is 1. The van der Waals surface area contributed by atoms with Crippen LogP contribution in [-0.2, 0) is 4.79 Å². The van der Waals surface area contributed by atoms with Crippen LogP contribution in [0, 0.1) is 12.3 Å². The number of carbonyl (C=O) groups is 1. The molecule has 0 heterocycles. The van der Waals surface area contributed by atoms with E-state index >= 15 is 0 Å². The van der Waals surface area contributed by atoms with Gasteiger partial charge in [-0.3, -0.25) is 4.79 Å². The monoisotopic (exact) mass is 208 g/mol. The summed E-state index contributed by atoms with van der Waals surface area (Å²) in [4.78, 5) is 11.0. The average Bonchev–Trinajstić information content (AvgIpc) is 2.02. The van der Waals surface area contributed by atoms with Crippen LogP contribution in [0.5, 0.6) is 0 Å². The molecule has 6 heteroatoms. The summed E-state index contributed by atoms with van der Waals surface area (Å²) >= 11 is 0. The number of amides is 1. The third kappa shape index (κ3) is 2.92. The summed E-state index contributed by atoms with van der Waals surface area (Å²) < 4.78 is 36.5. The van der Waals surface area contributed by atoms with Gasteiger partial charge in [-0.1, -0.05) is 0 Å². The lowest BCUT2D eigenvalue weighted by Crippen LogP contribution is -2.61. The molecule has 0 spiro atoms. The molecule has 0 aromatic rings. The van der Waals surface area contributed by atoms with Crippen LogP contribution in [0.3, 0.4) is 0 Å². The smallest absolute Gasteiger partial charge is 0.353 e. The van der Waals surface area contributed by atoms with E-state index in [-0.39, 0.29) is 13.0 Å². The molecule has 0 saturated carbocycles. The maximum atomic E-state index is 12.2. The van der Waals surface area contributed by atoms with Gasteiger partial charge in [0.25, 0.3) is 0 Å². The number of alkyl halides is 3. The van der Waals surface area contributed by atoms with Crippen LogP contribution in [0.2, 0.25) is 0 Å². The van der Waals surface area contributed by atoms with Crippen LogP contribution in [0.4, 0.5) is 13.2 Å². The molecule has 0 bridgehead atoms. The van der Waals surface area contributed by atoms with Gasteiger partial charge in [-0.2, -0.15) is 13.2 Å². The lowest BCUT2D eigenvalue weighted by Gasteiger charge is -2.25. The summed E-state index contributed by atoms with van der Waals surface area (Å²) in [7, 11) is 0. The Morgan fingerprint density at radius 1 is 1.57 bits per heavy atom. The van der Waals surface area contributed by atoms with Gasteiger partial charge in [-0.25, -0.2) is 0 Å². The molecule has 1 atom stereocenters. The first-order valence-corrected chi connectivity index (χ1v) is 3.81. The zero-order valence-corrected chi connectivity index (χ0v) is 7.61. The largest absolute Gasteiger partial charge is 0.415 e. The van der Waals surface area contributed by atoms with Gasteiger partial charge in [0.2, 0.25) is 5.91 Å². The SMILES string of the molecule is C#CCCNC(=O)C(C)(N)C(F)(F)F. The van der Waals surface area contributed by atoms with Crippen molar-refractivity contribution in [2.75, 3.05) is 6.54 Å². The summed E-state index contributed by atoms with van der Waals surface area (Å²) in [6.07, 6.45) is 0.251. The highest BCUT2D eigenvalue weighted by molar-refractivity contribution is 5.86. The number of hydrogen-bond donors (Lipinski definition) is 2. The van der Waals surface area contributed by atoms with E-state index < -0.39 is 17.6 Å². The first kappa shape index (κ1) is 12.8. The Morgan fingerprint density at radius 3 is 2.43 bits per heavy atom. The van der Waals surface area contributed by atoms with Crippen LogP contribution in [-0.4, -0.2) is 24.2 Å². The maximum absolute atomic E-state index is 12.2. The van der Waals surface area contributed by atoms with E-state index in [0.717, 1.165) is 0 Å².